The summed E-state index contributed by atoms with van der Waals surface area (Å²) >= 11 is 3.59. The number of nitrogens with two attached hydrogens (primary N) is 1. The molecule has 0 amide bonds. The van der Waals surface area contributed by atoms with Crippen molar-refractivity contribution in [2.75, 3.05) is 0 Å². The lowest BCUT2D eigenvalue weighted by atomic mass is 9.87. The second-order valence-electron chi connectivity index (χ2n) is 5.24. The van der Waals surface area contributed by atoms with E-state index < -0.39 is 0 Å². The lowest BCUT2D eigenvalue weighted by Gasteiger charge is -2.26. The summed E-state index contributed by atoms with van der Waals surface area (Å²) < 4.78 is 1.10. The van der Waals surface area contributed by atoms with Crippen molar-refractivity contribution in [1.82, 2.24) is 0 Å². The molecule has 1 atom stereocenters. The Bertz CT molecular complexity index is 520. The van der Waals surface area contributed by atoms with Gasteiger partial charge in [-0.1, -0.05) is 64.5 Å². The third-order valence-corrected chi connectivity index (χ3v) is 4.19. The number of benzene rings is 2. The highest BCUT2D eigenvalue weighted by molar-refractivity contribution is 9.10. The largest absolute Gasteiger partial charge is 0.322 e. The van der Waals surface area contributed by atoms with Gasteiger partial charge in [0.15, 0.2) is 0 Å². The number of halogens is 1. The molecule has 0 aliphatic rings. The lowest BCUT2D eigenvalue weighted by Crippen LogP contribution is -2.33. The second-order valence-corrected chi connectivity index (χ2v) is 6.09. The minimum Gasteiger partial charge on any atom is -0.322 e. The molecule has 1 unspecified atom stereocenters. The minimum atomic E-state index is -0.283. The Kier molecular flexibility index (Phi) is 4.78. The molecule has 2 aromatic carbocycles. The van der Waals surface area contributed by atoms with E-state index in [0.717, 1.165) is 23.7 Å². The molecule has 2 N–H and O–H groups in total. The van der Waals surface area contributed by atoms with Gasteiger partial charge in [0.2, 0.25) is 0 Å². The smallest absolute Gasteiger partial charge is 0.0392 e. The minimum absolute atomic E-state index is 0.283. The average molecular weight is 318 g/mol. The highest BCUT2D eigenvalue weighted by atomic mass is 79.9. The predicted molar refractivity (Wildman–Crippen MR) is 85.1 cm³/mol. The molecule has 0 bridgehead atoms. The van der Waals surface area contributed by atoms with Crippen molar-refractivity contribution in [3.63, 3.8) is 0 Å². The van der Waals surface area contributed by atoms with Gasteiger partial charge in [0.05, 0.1) is 0 Å². The number of hydrogen-bond acceptors (Lipinski definition) is 1. The van der Waals surface area contributed by atoms with E-state index in [1.807, 2.05) is 12.1 Å². The maximum absolute atomic E-state index is 6.47. The molecule has 100 valence electrons. The molecule has 0 heterocycles. The summed E-state index contributed by atoms with van der Waals surface area (Å²) in [4.78, 5) is 0. The Balaban J connectivity index is 1.97. The van der Waals surface area contributed by atoms with E-state index in [1.165, 1.54) is 11.1 Å². The second kappa shape index (κ2) is 6.36. The standard InChI is InChI=1S/C17H20BrN/c1-17(19,15-11-5-6-12-16(15)18)13-7-10-14-8-3-2-4-9-14/h2-6,8-9,11-12H,7,10,13,19H2,1H3. The quantitative estimate of drug-likeness (QED) is 0.853. The van der Waals surface area contributed by atoms with E-state index in [9.17, 15) is 0 Å². The normalized spacial score (nSPS) is 14.1. The fraction of sp³-hybridized carbons (Fsp3) is 0.294. The average Bonchev–Trinajstić information content (AvgIpc) is 2.40. The van der Waals surface area contributed by atoms with Crippen LogP contribution in [-0.2, 0) is 12.0 Å². The molecule has 0 aromatic heterocycles. The molecule has 0 spiro atoms. The first-order valence-corrected chi connectivity index (χ1v) is 7.47. The molecule has 19 heavy (non-hydrogen) atoms. The molecule has 2 rings (SSSR count). The Morgan fingerprint density at radius 3 is 2.32 bits per heavy atom. The van der Waals surface area contributed by atoms with Crippen molar-refractivity contribution < 1.29 is 0 Å². The van der Waals surface area contributed by atoms with Crippen LogP contribution in [0.2, 0.25) is 0 Å². The fourth-order valence-electron chi connectivity index (χ4n) is 2.36. The fourth-order valence-corrected chi connectivity index (χ4v) is 3.10. The summed E-state index contributed by atoms with van der Waals surface area (Å²) in [5.41, 5.74) is 8.75. The summed E-state index contributed by atoms with van der Waals surface area (Å²) in [7, 11) is 0. The molecule has 0 fully saturated rings. The van der Waals surface area contributed by atoms with Gasteiger partial charge in [-0.2, -0.15) is 0 Å². The maximum atomic E-state index is 6.47. The molecular weight excluding hydrogens is 298 g/mol. The lowest BCUT2D eigenvalue weighted by molar-refractivity contribution is 0.434. The number of rotatable bonds is 5. The molecule has 0 aliphatic carbocycles. The van der Waals surface area contributed by atoms with Gasteiger partial charge in [-0.25, -0.2) is 0 Å². The summed E-state index contributed by atoms with van der Waals surface area (Å²) in [6, 6.07) is 18.8. The summed E-state index contributed by atoms with van der Waals surface area (Å²) in [5, 5.41) is 0. The van der Waals surface area contributed by atoms with E-state index >= 15 is 0 Å². The first-order chi connectivity index (χ1) is 9.09. The Hall–Kier alpha value is -1.12. The zero-order valence-electron chi connectivity index (χ0n) is 11.3. The Morgan fingerprint density at radius 2 is 1.63 bits per heavy atom. The van der Waals surface area contributed by atoms with E-state index in [-0.39, 0.29) is 5.54 Å². The van der Waals surface area contributed by atoms with Gasteiger partial charge in [0.1, 0.15) is 0 Å². The first kappa shape index (κ1) is 14.3. The molecule has 0 aliphatic heterocycles. The van der Waals surface area contributed by atoms with Crippen LogP contribution >= 0.6 is 15.9 Å². The van der Waals surface area contributed by atoms with Gasteiger partial charge in [-0.05, 0) is 43.4 Å². The van der Waals surface area contributed by atoms with Crippen LogP contribution < -0.4 is 5.73 Å². The highest BCUT2D eigenvalue weighted by Gasteiger charge is 2.22. The monoisotopic (exact) mass is 317 g/mol. The number of aryl methyl sites for hydroxylation is 1. The zero-order chi connectivity index (χ0) is 13.7. The molecule has 2 aromatic rings. The Labute approximate surface area is 124 Å². The van der Waals surface area contributed by atoms with Crippen molar-refractivity contribution in [3.05, 3.63) is 70.2 Å². The Morgan fingerprint density at radius 1 is 1.00 bits per heavy atom. The van der Waals surface area contributed by atoms with Crippen LogP contribution in [0.1, 0.15) is 30.9 Å². The van der Waals surface area contributed by atoms with Gasteiger partial charge < -0.3 is 5.73 Å². The summed E-state index contributed by atoms with van der Waals surface area (Å²) in [5.74, 6) is 0. The summed E-state index contributed by atoms with van der Waals surface area (Å²) in [6.45, 7) is 2.11. The van der Waals surface area contributed by atoms with Crippen LogP contribution in [-0.4, -0.2) is 0 Å². The van der Waals surface area contributed by atoms with Crippen molar-refractivity contribution in [3.8, 4) is 0 Å². The molecular formula is C17H20BrN. The van der Waals surface area contributed by atoms with Crippen LogP contribution in [0.3, 0.4) is 0 Å². The van der Waals surface area contributed by atoms with Gasteiger partial charge in [0.25, 0.3) is 0 Å². The van der Waals surface area contributed by atoms with Gasteiger partial charge in [0, 0.05) is 10.0 Å². The topological polar surface area (TPSA) is 26.0 Å². The van der Waals surface area contributed by atoms with Crippen molar-refractivity contribution in [2.24, 2.45) is 5.73 Å². The van der Waals surface area contributed by atoms with E-state index in [0.29, 0.717) is 0 Å². The molecule has 0 saturated heterocycles. The van der Waals surface area contributed by atoms with Crippen LogP contribution in [0.4, 0.5) is 0 Å². The van der Waals surface area contributed by atoms with E-state index in [1.54, 1.807) is 0 Å². The highest BCUT2D eigenvalue weighted by Crippen LogP contribution is 2.30. The molecule has 0 radical (unpaired) electrons. The molecule has 0 saturated carbocycles. The van der Waals surface area contributed by atoms with Gasteiger partial charge in [-0.3, -0.25) is 0 Å². The van der Waals surface area contributed by atoms with Crippen LogP contribution in [0.15, 0.2) is 59.1 Å². The SMILES string of the molecule is CC(N)(CCCc1ccccc1)c1ccccc1Br. The third-order valence-electron chi connectivity index (χ3n) is 3.49. The van der Waals surface area contributed by atoms with Crippen LogP contribution in [0.5, 0.6) is 0 Å². The van der Waals surface area contributed by atoms with Crippen molar-refractivity contribution in [2.45, 2.75) is 31.7 Å². The van der Waals surface area contributed by atoms with Gasteiger partial charge in [-0.15, -0.1) is 0 Å². The molecule has 1 nitrogen and oxygen atoms in total. The predicted octanol–water partition coefficient (Wildman–Crippen LogP) is 4.65. The van der Waals surface area contributed by atoms with Crippen molar-refractivity contribution >= 4 is 15.9 Å². The first-order valence-electron chi connectivity index (χ1n) is 6.67. The van der Waals surface area contributed by atoms with E-state index in [4.69, 9.17) is 5.73 Å². The van der Waals surface area contributed by atoms with Crippen molar-refractivity contribution in [1.29, 1.82) is 0 Å². The van der Waals surface area contributed by atoms with E-state index in [2.05, 4.69) is 65.3 Å². The molecule has 2 heteroatoms. The third kappa shape index (κ3) is 3.92. The summed E-state index contributed by atoms with van der Waals surface area (Å²) in [6.07, 6.45) is 3.15. The zero-order valence-corrected chi connectivity index (χ0v) is 12.9. The number of hydrogen-bond donors (Lipinski definition) is 1. The van der Waals surface area contributed by atoms with Gasteiger partial charge >= 0.3 is 0 Å². The maximum Gasteiger partial charge on any atom is 0.0392 e. The van der Waals surface area contributed by atoms with Crippen LogP contribution in [0.25, 0.3) is 0 Å². The van der Waals surface area contributed by atoms with Crippen LogP contribution in [0, 0.1) is 0 Å².